The van der Waals surface area contributed by atoms with Crippen molar-refractivity contribution in [2.45, 2.75) is 33.7 Å². The normalized spacial score (nSPS) is 11.8. The Bertz CT molecular complexity index is 542. The van der Waals surface area contributed by atoms with Crippen LogP contribution in [0.4, 0.5) is 0 Å². The highest BCUT2D eigenvalue weighted by Gasteiger charge is 2.28. The predicted octanol–water partition coefficient (Wildman–Crippen LogP) is 2.15. The van der Waals surface area contributed by atoms with Crippen LogP contribution in [0, 0.1) is 31.1 Å². The van der Waals surface area contributed by atoms with Gasteiger partial charge in [0.2, 0.25) is 5.91 Å². The summed E-state index contributed by atoms with van der Waals surface area (Å²) in [6.45, 7) is 7.30. The number of nitrogens with one attached hydrogen (secondary N) is 1. The first-order valence-corrected chi connectivity index (χ1v) is 6.18. The molecule has 0 spiro atoms. The van der Waals surface area contributed by atoms with Crippen LogP contribution in [0.25, 0.3) is 0 Å². The maximum atomic E-state index is 12.2. The lowest BCUT2D eigenvalue weighted by atomic mass is 9.93. The summed E-state index contributed by atoms with van der Waals surface area (Å²) >= 11 is 0. The van der Waals surface area contributed by atoms with Gasteiger partial charge >= 0.3 is 0 Å². The van der Waals surface area contributed by atoms with E-state index in [9.17, 15) is 9.59 Å². The number of aryl methyl sites for hydroxylation is 2. The Hall–Kier alpha value is -2.15. The summed E-state index contributed by atoms with van der Waals surface area (Å²) in [5.41, 5.74) is 2.24. The molecule has 1 rings (SSSR count). The van der Waals surface area contributed by atoms with E-state index in [1.807, 2.05) is 13.0 Å². The summed E-state index contributed by atoms with van der Waals surface area (Å²) in [4.78, 5) is 24.1. The Morgan fingerprint density at radius 1 is 1.26 bits per heavy atom. The van der Waals surface area contributed by atoms with Crippen LogP contribution in [0.5, 0.6) is 0 Å². The molecule has 0 saturated carbocycles. The maximum Gasteiger partial charge on any atom is 0.245 e. The van der Waals surface area contributed by atoms with Crippen molar-refractivity contribution in [2.75, 3.05) is 0 Å². The Balaban J connectivity index is 3.03. The second kappa shape index (κ2) is 6.14. The third-order valence-electron chi connectivity index (χ3n) is 2.73. The van der Waals surface area contributed by atoms with E-state index < -0.39 is 17.6 Å². The smallest absolute Gasteiger partial charge is 0.245 e. The molecule has 1 atom stereocenters. The molecule has 0 saturated heterocycles. The fourth-order valence-electron chi connectivity index (χ4n) is 1.85. The Labute approximate surface area is 113 Å². The van der Waals surface area contributed by atoms with Gasteiger partial charge in [-0.05, 0) is 33.3 Å². The minimum atomic E-state index is -1.29. The number of hydrogen-bond acceptors (Lipinski definition) is 3. The fraction of sp³-hybridized carbons (Fsp3) is 0.400. The van der Waals surface area contributed by atoms with E-state index in [0.29, 0.717) is 5.56 Å². The van der Waals surface area contributed by atoms with Gasteiger partial charge in [-0.2, -0.15) is 5.26 Å². The van der Waals surface area contributed by atoms with Crippen molar-refractivity contribution in [2.24, 2.45) is 5.92 Å². The van der Waals surface area contributed by atoms with Crippen LogP contribution < -0.4 is 5.32 Å². The summed E-state index contributed by atoms with van der Waals surface area (Å²) in [6, 6.07) is 7.01. The number of ketones is 1. The van der Waals surface area contributed by atoms with Crippen molar-refractivity contribution >= 4 is 11.7 Å². The average molecular weight is 258 g/mol. The van der Waals surface area contributed by atoms with Gasteiger partial charge < -0.3 is 5.32 Å². The van der Waals surface area contributed by atoms with Crippen LogP contribution in [-0.2, 0) is 4.79 Å². The summed E-state index contributed by atoms with van der Waals surface area (Å²) in [6.07, 6.45) is 0. The number of Topliss-reactive ketones (excluding diaryl/α,β-unsaturated/α-hetero) is 1. The lowest BCUT2D eigenvalue weighted by Gasteiger charge is -2.13. The van der Waals surface area contributed by atoms with E-state index in [2.05, 4.69) is 5.32 Å². The van der Waals surface area contributed by atoms with Crippen LogP contribution in [0.15, 0.2) is 18.2 Å². The molecule has 1 aromatic rings. The first kappa shape index (κ1) is 14.9. The molecule has 0 aliphatic heterocycles. The molecular weight excluding hydrogens is 240 g/mol. The third-order valence-corrected chi connectivity index (χ3v) is 2.73. The highest BCUT2D eigenvalue weighted by atomic mass is 16.2. The second-order valence-corrected chi connectivity index (χ2v) is 4.91. The van der Waals surface area contributed by atoms with Gasteiger partial charge in [0.1, 0.15) is 0 Å². The van der Waals surface area contributed by atoms with E-state index in [4.69, 9.17) is 5.26 Å². The van der Waals surface area contributed by atoms with Crippen molar-refractivity contribution in [3.8, 4) is 6.07 Å². The summed E-state index contributed by atoms with van der Waals surface area (Å²) in [5, 5.41) is 11.6. The van der Waals surface area contributed by atoms with E-state index in [-0.39, 0.29) is 6.04 Å². The molecule has 100 valence electrons. The van der Waals surface area contributed by atoms with Gasteiger partial charge in [0.15, 0.2) is 11.7 Å². The number of carbonyl (C=O) groups excluding carboxylic acids is 2. The Morgan fingerprint density at radius 3 is 2.37 bits per heavy atom. The first-order chi connectivity index (χ1) is 8.86. The number of benzene rings is 1. The number of nitriles is 1. The van der Waals surface area contributed by atoms with Crippen LogP contribution in [-0.4, -0.2) is 17.7 Å². The number of nitrogens with zero attached hydrogens (tertiary/aromatic N) is 1. The SMILES string of the molecule is Cc1ccc(C(=O)C(C#N)C(=O)NC(C)C)c(C)c1. The molecule has 1 N–H and O–H groups in total. The molecule has 0 radical (unpaired) electrons. The highest BCUT2D eigenvalue weighted by molar-refractivity contribution is 6.12. The fourth-order valence-corrected chi connectivity index (χ4v) is 1.85. The maximum absolute atomic E-state index is 12.2. The monoisotopic (exact) mass is 258 g/mol. The van der Waals surface area contributed by atoms with Crippen LogP contribution in [0.2, 0.25) is 0 Å². The van der Waals surface area contributed by atoms with Gasteiger partial charge in [-0.3, -0.25) is 9.59 Å². The molecule has 0 aromatic heterocycles. The molecule has 0 bridgehead atoms. The molecule has 1 aromatic carbocycles. The number of carbonyl (C=O) groups is 2. The zero-order valence-electron chi connectivity index (χ0n) is 11.7. The Morgan fingerprint density at radius 2 is 1.89 bits per heavy atom. The van der Waals surface area contributed by atoms with Crippen molar-refractivity contribution < 1.29 is 9.59 Å². The van der Waals surface area contributed by atoms with Gasteiger partial charge in [-0.1, -0.05) is 23.8 Å². The van der Waals surface area contributed by atoms with Gasteiger partial charge in [-0.15, -0.1) is 0 Å². The predicted molar refractivity (Wildman–Crippen MR) is 72.6 cm³/mol. The van der Waals surface area contributed by atoms with E-state index in [1.54, 1.807) is 39.0 Å². The summed E-state index contributed by atoms with van der Waals surface area (Å²) < 4.78 is 0. The minimum Gasteiger partial charge on any atom is -0.352 e. The lowest BCUT2D eigenvalue weighted by Crippen LogP contribution is -2.38. The van der Waals surface area contributed by atoms with Crippen LogP contribution in [0.1, 0.15) is 35.3 Å². The lowest BCUT2D eigenvalue weighted by molar-refractivity contribution is -0.122. The quantitative estimate of drug-likeness (QED) is 0.664. The number of rotatable bonds is 4. The number of amides is 1. The molecule has 0 fully saturated rings. The molecular formula is C15H18N2O2. The van der Waals surface area contributed by atoms with Gasteiger partial charge in [0.05, 0.1) is 6.07 Å². The molecule has 0 heterocycles. The molecule has 0 aliphatic rings. The molecule has 4 nitrogen and oxygen atoms in total. The van der Waals surface area contributed by atoms with Crippen molar-refractivity contribution in [3.05, 3.63) is 34.9 Å². The molecule has 1 amide bonds. The first-order valence-electron chi connectivity index (χ1n) is 6.18. The Kier molecular flexibility index (Phi) is 4.82. The van der Waals surface area contributed by atoms with Gasteiger partial charge in [0, 0.05) is 11.6 Å². The van der Waals surface area contributed by atoms with Gasteiger partial charge in [-0.25, -0.2) is 0 Å². The van der Waals surface area contributed by atoms with Crippen LogP contribution >= 0.6 is 0 Å². The number of hydrogen-bond donors (Lipinski definition) is 1. The highest BCUT2D eigenvalue weighted by Crippen LogP contribution is 2.15. The molecule has 19 heavy (non-hydrogen) atoms. The molecule has 4 heteroatoms. The second-order valence-electron chi connectivity index (χ2n) is 4.91. The van der Waals surface area contributed by atoms with E-state index in [0.717, 1.165) is 11.1 Å². The summed E-state index contributed by atoms with van der Waals surface area (Å²) in [7, 11) is 0. The average Bonchev–Trinajstić information content (AvgIpc) is 2.28. The largest absolute Gasteiger partial charge is 0.352 e. The molecule has 1 unspecified atom stereocenters. The van der Waals surface area contributed by atoms with E-state index >= 15 is 0 Å². The summed E-state index contributed by atoms with van der Waals surface area (Å²) in [5.74, 6) is -2.27. The van der Waals surface area contributed by atoms with Crippen molar-refractivity contribution in [1.29, 1.82) is 5.26 Å². The van der Waals surface area contributed by atoms with Crippen molar-refractivity contribution in [1.82, 2.24) is 5.32 Å². The standard InChI is InChI=1S/C15H18N2O2/c1-9(2)17-15(19)13(8-16)14(18)12-6-5-10(3)7-11(12)4/h5-7,9,13H,1-4H3,(H,17,19). The zero-order valence-corrected chi connectivity index (χ0v) is 11.7. The van der Waals surface area contributed by atoms with Gasteiger partial charge in [0.25, 0.3) is 0 Å². The zero-order chi connectivity index (χ0) is 14.6. The minimum absolute atomic E-state index is 0.102. The topological polar surface area (TPSA) is 70.0 Å². The van der Waals surface area contributed by atoms with Crippen LogP contribution in [0.3, 0.4) is 0 Å². The van der Waals surface area contributed by atoms with E-state index in [1.165, 1.54) is 0 Å². The van der Waals surface area contributed by atoms with Crippen molar-refractivity contribution in [3.63, 3.8) is 0 Å². The molecule has 0 aliphatic carbocycles. The third kappa shape index (κ3) is 3.65.